The van der Waals surface area contributed by atoms with Crippen LogP contribution in [0.1, 0.15) is 22.3 Å². The van der Waals surface area contributed by atoms with Crippen molar-refractivity contribution in [3.05, 3.63) is 198 Å². The molecular weight excluding hydrogens is 643 g/mol. The molecule has 0 radical (unpaired) electrons. The summed E-state index contributed by atoms with van der Waals surface area (Å²) in [6, 6.07) is 63.6. The fraction of sp³-hybridized carbons (Fsp3) is 0.0200. The van der Waals surface area contributed by atoms with Gasteiger partial charge < -0.3 is 0 Å². The molecule has 0 amide bonds. The van der Waals surface area contributed by atoms with E-state index in [1.54, 1.807) is 0 Å². The fourth-order valence-electron chi connectivity index (χ4n) is 9.57. The van der Waals surface area contributed by atoms with Crippen molar-refractivity contribution >= 4 is 10.8 Å². The molecule has 0 saturated carbocycles. The molecule has 0 bridgehead atoms. The van der Waals surface area contributed by atoms with E-state index in [1.807, 2.05) is 36.4 Å². The second-order valence-electron chi connectivity index (χ2n) is 14.3. The Balaban J connectivity index is 1.14. The van der Waals surface area contributed by atoms with E-state index >= 15 is 0 Å². The lowest BCUT2D eigenvalue weighted by atomic mass is 9.70. The monoisotopic (exact) mass is 671 g/mol. The minimum absolute atomic E-state index is 0.474. The SMILES string of the molecule is c1ccc(-c2nc(-c3ccccc3)nc(-c3ccc4c(c3)-c3ccccc3C43c4ccccc4-c4c3cc3c5c(cccc45)-c4ccccc4-3)n2)cc1. The number of benzene rings is 8. The van der Waals surface area contributed by atoms with Crippen molar-refractivity contribution in [2.24, 2.45) is 0 Å². The van der Waals surface area contributed by atoms with Crippen molar-refractivity contribution in [1.82, 2.24) is 15.0 Å². The number of fused-ring (bicyclic) bond motifs is 14. The molecule has 8 aromatic carbocycles. The molecule has 0 aliphatic heterocycles. The van der Waals surface area contributed by atoms with Crippen LogP contribution in [-0.4, -0.2) is 15.0 Å². The van der Waals surface area contributed by atoms with Crippen molar-refractivity contribution in [3.8, 4) is 78.7 Å². The van der Waals surface area contributed by atoms with E-state index in [-0.39, 0.29) is 0 Å². The summed E-state index contributed by atoms with van der Waals surface area (Å²) in [5, 5.41) is 2.68. The van der Waals surface area contributed by atoms with Crippen molar-refractivity contribution in [2.45, 2.75) is 5.41 Å². The standard InChI is InChI=1S/C50H29N3/c1-3-14-30(15-4-1)47-51-48(31-16-5-2-6-17-31)53-49(52-47)32-26-27-43-39(28-32)35-20-9-11-24-41(35)50(43)42-25-12-10-21-37(42)46-38-23-13-22-36-33-18-7-8-19-34(33)40(45(36)38)29-44(46)50/h1-29H. The van der Waals surface area contributed by atoms with Gasteiger partial charge in [-0.25, -0.2) is 15.0 Å². The number of hydrogen-bond acceptors (Lipinski definition) is 3. The minimum atomic E-state index is -0.474. The average Bonchev–Trinajstić information content (AvgIpc) is 3.84. The van der Waals surface area contributed by atoms with Crippen molar-refractivity contribution in [2.75, 3.05) is 0 Å². The van der Waals surface area contributed by atoms with Crippen molar-refractivity contribution in [1.29, 1.82) is 0 Å². The van der Waals surface area contributed by atoms with E-state index in [4.69, 9.17) is 15.0 Å². The maximum absolute atomic E-state index is 5.10. The zero-order valence-corrected chi connectivity index (χ0v) is 28.6. The van der Waals surface area contributed by atoms with E-state index in [0.717, 1.165) is 16.7 Å². The van der Waals surface area contributed by atoms with E-state index in [1.165, 1.54) is 77.5 Å². The Morgan fingerprint density at radius 1 is 0.302 bits per heavy atom. The van der Waals surface area contributed by atoms with E-state index in [2.05, 4.69) is 140 Å². The van der Waals surface area contributed by atoms with Gasteiger partial charge in [-0.2, -0.15) is 0 Å². The molecule has 9 aromatic rings. The first-order chi connectivity index (χ1) is 26.3. The maximum Gasteiger partial charge on any atom is 0.164 e. The van der Waals surface area contributed by atoms with Gasteiger partial charge in [-0.3, -0.25) is 0 Å². The van der Waals surface area contributed by atoms with E-state index < -0.39 is 5.41 Å². The normalized spacial score (nSPS) is 15.2. The van der Waals surface area contributed by atoms with Crippen LogP contribution in [0.25, 0.3) is 89.4 Å². The summed E-state index contributed by atoms with van der Waals surface area (Å²) in [5.41, 5.74) is 18.1. The molecule has 0 fully saturated rings. The molecular formula is C50H29N3. The van der Waals surface area contributed by atoms with Crippen LogP contribution in [-0.2, 0) is 5.41 Å². The second kappa shape index (κ2) is 10.5. The third kappa shape index (κ3) is 3.75. The van der Waals surface area contributed by atoms with Gasteiger partial charge in [-0.15, -0.1) is 0 Å². The highest BCUT2D eigenvalue weighted by Gasteiger charge is 2.52. The zero-order chi connectivity index (χ0) is 34.7. The van der Waals surface area contributed by atoms with Gasteiger partial charge in [0.15, 0.2) is 17.5 Å². The maximum atomic E-state index is 5.10. The smallest absolute Gasteiger partial charge is 0.164 e. The van der Waals surface area contributed by atoms with Gasteiger partial charge in [0.1, 0.15) is 0 Å². The van der Waals surface area contributed by atoms with Crippen LogP contribution in [0.15, 0.2) is 176 Å². The molecule has 0 saturated heterocycles. The van der Waals surface area contributed by atoms with Crippen LogP contribution >= 0.6 is 0 Å². The average molecular weight is 672 g/mol. The Morgan fingerprint density at radius 2 is 0.811 bits per heavy atom. The Bertz CT molecular complexity index is 2940. The Kier molecular flexibility index (Phi) is 5.70. The highest BCUT2D eigenvalue weighted by molar-refractivity contribution is 6.21. The van der Waals surface area contributed by atoms with Crippen molar-refractivity contribution in [3.63, 3.8) is 0 Å². The summed E-state index contributed by atoms with van der Waals surface area (Å²) in [4.78, 5) is 15.2. The van der Waals surface area contributed by atoms with Crippen LogP contribution < -0.4 is 0 Å². The van der Waals surface area contributed by atoms with Crippen LogP contribution in [0.3, 0.4) is 0 Å². The first-order valence-corrected chi connectivity index (χ1v) is 18.2. The molecule has 1 aromatic heterocycles. The van der Waals surface area contributed by atoms with Gasteiger partial charge in [-0.05, 0) is 89.7 Å². The second-order valence-corrected chi connectivity index (χ2v) is 14.3. The van der Waals surface area contributed by atoms with Gasteiger partial charge in [0, 0.05) is 16.7 Å². The van der Waals surface area contributed by atoms with Gasteiger partial charge in [0.2, 0.25) is 0 Å². The van der Waals surface area contributed by atoms with Gasteiger partial charge in [0.05, 0.1) is 5.41 Å². The molecule has 3 aliphatic rings. The van der Waals surface area contributed by atoms with Crippen LogP contribution in [0.4, 0.5) is 0 Å². The summed E-state index contributed by atoms with van der Waals surface area (Å²) in [5.74, 6) is 1.99. The quantitative estimate of drug-likeness (QED) is 0.188. The summed E-state index contributed by atoms with van der Waals surface area (Å²) < 4.78 is 0. The number of aromatic nitrogens is 3. The topological polar surface area (TPSA) is 38.7 Å². The molecule has 12 rings (SSSR count). The fourth-order valence-corrected chi connectivity index (χ4v) is 9.57. The van der Waals surface area contributed by atoms with Crippen molar-refractivity contribution < 1.29 is 0 Å². The molecule has 1 unspecified atom stereocenters. The molecule has 0 N–H and O–H groups in total. The van der Waals surface area contributed by atoms with E-state index in [0.29, 0.717) is 17.5 Å². The lowest BCUT2D eigenvalue weighted by molar-refractivity contribution is 0.795. The molecule has 244 valence electrons. The highest BCUT2D eigenvalue weighted by atomic mass is 15.0. The Morgan fingerprint density at radius 3 is 1.49 bits per heavy atom. The summed E-state index contributed by atoms with van der Waals surface area (Å²) in [6.07, 6.45) is 0. The predicted molar refractivity (Wildman–Crippen MR) is 214 cm³/mol. The molecule has 3 nitrogen and oxygen atoms in total. The Labute approximate surface area is 307 Å². The summed E-state index contributed by atoms with van der Waals surface area (Å²) in [6.45, 7) is 0. The number of rotatable bonds is 3. The molecule has 1 spiro atoms. The first kappa shape index (κ1) is 28.7. The molecule has 53 heavy (non-hydrogen) atoms. The number of nitrogens with zero attached hydrogens (tertiary/aromatic N) is 3. The lowest BCUT2D eigenvalue weighted by Gasteiger charge is -2.31. The highest BCUT2D eigenvalue weighted by Crippen LogP contribution is 2.65. The van der Waals surface area contributed by atoms with Gasteiger partial charge in [0.25, 0.3) is 0 Å². The van der Waals surface area contributed by atoms with Crippen LogP contribution in [0, 0.1) is 0 Å². The Hall–Kier alpha value is -6.97. The summed E-state index contributed by atoms with van der Waals surface area (Å²) >= 11 is 0. The van der Waals surface area contributed by atoms with Crippen LogP contribution in [0.5, 0.6) is 0 Å². The molecule has 3 aliphatic carbocycles. The van der Waals surface area contributed by atoms with E-state index in [9.17, 15) is 0 Å². The van der Waals surface area contributed by atoms with Crippen LogP contribution in [0.2, 0.25) is 0 Å². The summed E-state index contributed by atoms with van der Waals surface area (Å²) in [7, 11) is 0. The third-order valence-corrected chi connectivity index (χ3v) is 11.7. The van der Waals surface area contributed by atoms with Gasteiger partial charge >= 0.3 is 0 Å². The minimum Gasteiger partial charge on any atom is -0.208 e. The van der Waals surface area contributed by atoms with Gasteiger partial charge in [-0.1, -0.05) is 164 Å². The molecule has 1 heterocycles. The largest absolute Gasteiger partial charge is 0.208 e. The third-order valence-electron chi connectivity index (χ3n) is 11.7. The predicted octanol–water partition coefficient (Wildman–Crippen LogP) is 12.0. The zero-order valence-electron chi connectivity index (χ0n) is 28.6. The lowest BCUT2D eigenvalue weighted by Crippen LogP contribution is -2.25. The molecule has 1 atom stereocenters. The first-order valence-electron chi connectivity index (χ1n) is 18.2. The number of hydrogen-bond donors (Lipinski definition) is 0. The molecule has 3 heteroatoms.